The second-order valence-corrected chi connectivity index (χ2v) is 12.2. The van der Waals surface area contributed by atoms with Gasteiger partial charge in [0.2, 0.25) is 5.78 Å². The molecule has 0 amide bonds. The summed E-state index contributed by atoms with van der Waals surface area (Å²) < 4.78 is 10.4. The molecular formula is C31H35NO4S. The zero-order chi connectivity index (χ0) is 27.1. The van der Waals surface area contributed by atoms with Gasteiger partial charge in [0.05, 0.1) is 19.4 Å². The maximum absolute atomic E-state index is 12.6. The second kappa shape index (κ2) is 12.3. The van der Waals surface area contributed by atoms with Crippen molar-refractivity contribution in [3.05, 3.63) is 89.4 Å². The number of rotatable bonds is 9. The number of furan rings is 1. The highest BCUT2D eigenvalue weighted by Gasteiger charge is 2.33. The quantitative estimate of drug-likeness (QED) is 0.104. The summed E-state index contributed by atoms with van der Waals surface area (Å²) in [5.74, 6) is 6.21. The van der Waals surface area contributed by atoms with E-state index in [0.717, 1.165) is 21.8 Å². The van der Waals surface area contributed by atoms with E-state index in [-0.39, 0.29) is 11.8 Å². The van der Waals surface area contributed by atoms with E-state index in [0.29, 0.717) is 25.2 Å². The minimum absolute atomic E-state index is 0.188. The topological polar surface area (TPSA) is 59.8 Å². The Labute approximate surface area is 224 Å². The molecule has 3 aromatic rings. The minimum Gasteiger partial charge on any atom is -0.468 e. The lowest BCUT2D eigenvalue weighted by Crippen LogP contribution is -2.36. The van der Waals surface area contributed by atoms with Gasteiger partial charge in [-0.05, 0) is 77.3 Å². The van der Waals surface area contributed by atoms with E-state index in [1.807, 2.05) is 90.1 Å². The summed E-state index contributed by atoms with van der Waals surface area (Å²) in [5, 5.41) is 0. The lowest BCUT2D eigenvalue weighted by atomic mass is 10.1. The first-order valence-electron chi connectivity index (χ1n) is 12.3. The number of esters is 1. The van der Waals surface area contributed by atoms with E-state index < -0.39 is 10.3 Å². The van der Waals surface area contributed by atoms with Crippen LogP contribution in [0.4, 0.5) is 0 Å². The number of nitrogens with zero attached hydrogens (tertiary/aromatic N) is 1. The van der Waals surface area contributed by atoms with E-state index in [2.05, 4.69) is 16.7 Å². The largest absolute Gasteiger partial charge is 0.468 e. The van der Waals surface area contributed by atoms with Crippen molar-refractivity contribution in [2.45, 2.75) is 69.9 Å². The van der Waals surface area contributed by atoms with Crippen LogP contribution in [-0.2, 0) is 22.6 Å². The number of benzene rings is 2. The van der Waals surface area contributed by atoms with E-state index in [4.69, 9.17) is 9.15 Å². The fraction of sp³-hybridized carbons (Fsp3) is 0.355. The molecule has 194 valence electrons. The summed E-state index contributed by atoms with van der Waals surface area (Å²) in [7, 11) is 0. The standard InChI is InChI=1S/C31H35NO4S/c1-23-11-15-25(16-12-23)28(33)10-7-19-32(22-26-9-8-20-35-26)21-24-13-17-27(18-14-24)37-31(5,6)29(34)36-30(2,3)4/h8-9,11-18,20H,19,21-22H2,1-6H3. The summed E-state index contributed by atoms with van der Waals surface area (Å²) in [4.78, 5) is 28.2. The Morgan fingerprint density at radius 2 is 1.62 bits per heavy atom. The van der Waals surface area contributed by atoms with Gasteiger partial charge in [0.1, 0.15) is 16.1 Å². The molecule has 0 saturated carbocycles. The Bertz CT molecular complexity index is 1240. The van der Waals surface area contributed by atoms with Gasteiger partial charge in [0.25, 0.3) is 0 Å². The predicted molar refractivity (Wildman–Crippen MR) is 148 cm³/mol. The van der Waals surface area contributed by atoms with Crippen LogP contribution in [0, 0.1) is 18.8 Å². The number of aryl methyl sites for hydroxylation is 1. The van der Waals surface area contributed by atoms with Gasteiger partial charge in [-0.2, -0.15) is 0 Å². The zero-order valence-corrected chi connectivity index (χ0v) is 23.3. The van der Waals surface area contributed by atoms with Crippen molar-refractivity contribution in [3.8, 4) is 11.8 Å². The molecular weight excluding hydrogens is 482 g/mol. The van der Waals surface area contributed by atoms with Crippen molar-refractivity contribution < 1.29 is 18.7 Å². The molecule has 0 aliphatic carbocycles. The van der Waals surface area contributed by atoms with Gasteiger partial charge in [0.15, 0.2) is 0 Å². The van der Waals surface area contributed by atoms with E-state index >= 15 is 0 Å². The second-order valence-electron chi connectivity index (χ2n) is 10.5. The number of Topliss-reactive ketones (excluding diaryl/α,β-unsaturated/α-hetero) is 1. The Morgan fingerprint density at radius 3 is 2.22 bits per heavy atom. The third kappa shape index (κ3) is 9.27. The molecule has 6 heteroatoms. The molecule has 1 heterocycles. The summed E-state index contributed by atoms with van der Waals surface area (Å²) >= 11 is 1.48. The molecule has 0 saturated heterocycles. The molecule has 2 aromatic carbocycles. The van der Waals surface area contributed by atoms with Gasteiger partial charge in [-0.1, -0.05) is 47.9 Å². The monoisotopic (exact) mass is 517 g/mol. The fourth-order valence-corrected chi connectivity index (χ4v) is 4.44. The molecule has 0 fully saturated rings. The van der Waals surface area contributed by atoms with Crippen LogP contribution in [0.2, 0.25) is 0 Å². The molecule has 0 bridgehead atoms. The summed E-state index contributed by atoms with van der Waals surface area (Å²) in [6.07, 6.45) is 1.65. The molecule has 37 heavy (non-hydrogen) atoms. The van der Waals surface area contributed by atoms with Crippen LogP contribution in [0.5, 0.6) is 0 Å². The Kier molecular flexibility index (Phi) is 9.42. The normalized spacial score (nSPS) is 11.6. The highest BCUT2D eigenvalue weighted by molar-refractivity contribution is 8.01. The van der Waals surface area contributed by atoms with Gasteiger partial charge in [0, 0.05) is 17.0 Å². The van der Waals surface area contributed by atoms with Gasteiger partial charge >= 0.3 is 5.97 Å². The van der Waals surface area contributed by atoms with Crippen molar-refractivity contribution in [1.82, 2.24) is 4.90 Å². The fourth-order valence-electron chi connectivity index (χ4n) is 3.46. The molecule has 0 N–H and O–H groups in total. The maximum Gasteiger partial charge on any atom is 0.322 e. The SMILES string of the molecule is Cc1ccc(C(=O)C#CCN(Cc2ccc(SC(C)(C)C(=O)OC(C)(C)C)cc2)Cc2ccco2)cc1. The van der Waals surface area contributed by atoms with Crippen LogP contribution in [0.25, 0.3) is 0 Å². The van der Waals surface area contributed by atoms with Gasteiger partial charge in [-0.15, -0.1) is 11.8 Å². The van der Waals surface area contributed by atoms with Crippen molar-refractivity contribution in [2.75, 3.05) is 6.54 Å². The summed E-state index contributed by atoms with van der Waals surface area (Å²) in [5.41, 5.74) is 2.27. The van der Waals surface area contributed by atoms with Crippen molar-refractivity contribution in [3.63, 3.8) is 0 Å². The molecule has 1 aromatic heterocycles. The predicted octanol–water partition coefficient (Wildman–Crippen LogP) is 6.69. The number of carbonyl (C=O) groups is 2. The van der Waals surface area contributed by atoms with Crippen molar-refractivity contribution in [1.29, 1.82) is 0 Å². The molecule has 0 aliphatic rings. The van der Waals surface area contributed by atoms with Crippen molar-refractivity contribution in [2.24, 2.45) is 0 Å². The smallest absolute Gasteiger partial charge is 0.322 e. The number of hydrogen-bond donors (Lipinski definition) is 0. The van der Waals surface area contributed by atoms with Crippen LogP contribution in [0.15, 0.2) is 76.2 Å². The number of hydrogen-bond acceptors (Lipinski definition) is 6. The Morgan fingerprint density at radius 1 is 0.946 bits per heavy atom. The van der Waals surface area contributed by atoms with E-state index in [9.17, 15) is 9.59 Å². The van der Waals surface area contributed by atoms with Crippen LogP contribution < -0.4 is 0 Å². The average molecular weight is 518 g/mol. The Hall–Kier alpha value is -3.27. The highest BCUT2D eigenvalue weighted by Crippen LogP contribution is 2.34. The summed E-state index contributed by atoms with van der Waals surface area (Å²) in [6, 6.07) is 19.3. The van der Waals surface area contributed by atoms with Gasteiger partial charge in [-0.25, -0.2) is 0 Å². The molecule has 0 radical (unpaired) electrons. The first-order valence-corrected chi connectivity index (χ1v) is 13.1. The molecule has 0 atom stereocenters. The van der Waals surface area contributed by atoms with Crippen LogP contribution in [-0.4, -0.2) is 33.5 Å². The first-order chi connectivity index (χ1) is 17.4. The molecule has 0 unspecified atom stereocenters. The molecule has 5 nitrogen and oxygen atoms in total. The van der Waals surface area contributed by atoms with E-state index in [1.165, 1.54) is 11.8 Å². The third-order valence-corrected chi connectivity index (χ3v) is 6.56. The number of ketones is 1. The molecule has 0 spiro atoms. The van der Waals surface area contributed by atoms with Crippen LogP contribution >= 0.6 is 11.8 Å². The number of ether oxygens (including phenoxy) is 1. The summed E-state index contributed by atoms with van der Waals surface area (Å²) in [6.45, 7) is 13.0. The minimum atomic E-state index is -0.709. The highest BCUT2D eigenvalue weighted by atomic mass is 32.2. The van der Waals surface area contributed by atoms with E-state index in [1.54, 1.807) is 18.4 Å². The van der Waals surface area contributed by atoms with Crippen LogP contribution in [0.3, 0.4) is 0 Å². The number of thioether (sulfide) groups is 1. The van der Waals surface area contributed by atoms with Gasteiger partial charge < -0.3 is 9.15 Å². The first kappa shape index (κ1) is 28.3. The molecule has 0 aliphatic heterocycles. The maximum atomic E-state index is 12.6. The number of carbonyl (C=O) groups excluding carboxylic acids is 2. The van der Waals surface area contributed by atoms with Crippen LogP contribution in [0.1, 0.15) is 61.9 Å². The van der Waals surface area contributed by atoms with Gasteiger partial charge in [-0.3, -0.25) is 14.5 Å². The average Bonchev–Trinajstić information content (AvgIpc) is 3.32. The third-order valence-electron chi connectivity index (χ3n) is 5.37. The Balaban J connectivity index is 1.66. The lowest BCUT2D eigenvalue weighted by molar-refractivity contribution is -0.156. The zero-order valence-electron chi connectivity index (χ0n) is 22.5. The molecule has 3 rings (SSSR count). The lowest BCUT2D eigenvalue weighted by Gasteiger charge is -2.28. The van der Waals surface area contributed by atoms with Crippen molar-refractivity contribution >= 4 is 23.5 Å².